The smallest absolute Gasteiger partial charge is 0.426 e. The number of esters is 1. The number of alkyl halides is 3. The third kappa shape index (κ3) is 8.61. The standard InChI is InChI=1S/C13H9F3I3NO7S/c14-13(15,16)8(4-28(24,25)26)27-10(22)3-9(21)20-12(23)6-1-5(17)2-7(18)11(6)19/h1-2,8H,3-4H2,(H,20,21,23)(H,24,25,26). The number of imide groups is 1. The highest BCUT2D eigenvalue weighted by molar-refractivity contribution is 14.1. The monoisotopic (exact) mass is 761 g/mol. The molecule has 1 rings (SSSR count). The molecule has 2 amide bonds. The van der Waals surface area contributed by atoms with Crippen LogP contribution in [0.2, 0.25) is 0 Å². The van der Waals surface area contributed by atoms with Gasteiger partial charge in [-0.15, -0.1) is 0 Å². The number of carbonyl (C=O) groups is 3. The first-order valence-electron chi connectivity index (χ1n) is 6.80. The average molecular weight is 761 g/mol. The number of hydrogen-bond acceptors (Lipinski definition) is 6. The van der Waals surface area contributed by atoms with Crippen LogP contribution in [0, 0.1) is 10.7 Å². The zero-order chi connectivity index (χ0) is 21.9. The molecule has 1 aromatic rings. The summed E-state index contributed by atoms with van der Waals surface area (Å²) in [6.07, 6.45) is -9.70. The Labute approximate surface area is 197 Å². The maximum Gasteiger partial charge on any atom is 0.426 e. The predicted octanol–water partition coefficient (Wildman–Crippen LogP) is 2.51. The van der Waals surface area contributed by atoms with E-state index >= 15 is 0 Å². The predicted molar refractivity (Wildman–Crippen MR) is 114 cm³/mol. The molecule has 0 aromatic heterocycles. The van der Waals surface area contributed by atoms with Gasteiger partial charge >= 0.3 is 12.1 Å². The van der Waals surface area contributed by atoms with Crippen molar-refractivity contribution in [3.8, 4) is 0 Å². The summed E-state index contributed by atoms with van der Waals surface area (Å²) in [6, 6.07) is 3.24. The Balaban J connectivity index is 2.79. The van der Waals surface area contributed by atoms with Crippen molar-refractivity contribution >= 4 is 95.7 Å². The van der Waals surface area contributed by atoms with Crippen LogP contribution >= 0.6 is 67.8 Å². The molecule has 1 unspecified atom stereocenters. The molecule has 0 saturated heterocycles. The fourth-order valence-corrected chi connectivity index (χ4v) is 4.72. The fraction of sp³-hybridized carbons (Fsp3) is 0.308. The number of hydrogen-bond donors (Lipinski definition) is 2. The molecule has 1 aromatic carbocycles. The molecular formula is C13H9F3I3NO7S. The quantitative estimate of drug-likeness (QED) is 0.150. The van der Waals surface area contributed by atoms with Crippen molar-refractivity contribution in [2.75, 3.05) is 5.75 Å². The van der Waals surface area contributed by atoms with Gasteiger partial charge < -0.3 is 4.74 Å². The molecule has 2 N–H and O–H groups in total. The molecule has 28 heavy (non-hydrogen) atoms. The van der Waals surface area contributed by atoms with Crippen molar-refractivity contribution in [2.24, 2.45) is 0 Å². The second-order valence-corrected chi connectivity index (χ2v) is 10.1. The van der Waals surface area contributed by atoms with Gasteiger partial charge in [-0.05, 0) is 79.9 Å². The molecule has 8 nitrogen and oxygen atoms in total. The van der Waals surface area contributed by atoms with Crippen molar-refractivity contribution < 1.29 is 45.3 Å². The maximum absolute atomic E-state index is 12.7. The van der Waals surface area contributed by atoms with E-state index in [0.29, 0.717) is 7.14 Å². The molecule has 0 aliphatic rings. The summed E-state index contributed by atoms with van der Waals surface area (Å²) in [6.45, 7) is 0. The van der Waals surface area contributed by atoms with Crippen molar-refractivity contribution in [2.45, 2.75) is 18.7 Å². The van der Waals surface area contributed by atoms with Crippen molar-refractivity contribution in [1.82, 2.24) is 5.32 Å². The van der Waals surface area contributed by atoms with E-state index in [0.717, 1.165) is 3.57 Å². The first kappa shape index (κ1) is 25.8. The van der Waals surface area contributed by atoms with Gasteiger partial charge in [-0.2, -0.15) is 21.6 Å². The number of nitrogens with one attached hydrogen (secondary N) is 1. The molecule has 15 heteroatoms. The van der Waals surface area contributed by atoms with E-state index in [-0.39, 0.29) is 5.56 Å². The zero-order valence-electron chi connectivity index (χ0n) is 13.2. The number of amides is 2. The normalized spacial score (nSPS) is 13.0. The van der Waals surface area contributed by atoms with Gasteiger partial charge in [0.1, 0.15) is 12.2 Å². The number of halogens is 6. The summed E-state index contributed by atoms with van der Waals surface area (Å²) >= 11 is 5.77. The van der Waals surface area contributed by atoms with E-state index in [1.165, 1.54) is 6.07 Å². The van der Waals surface area contributed by atoms with E-state index in [2.05, 4.69) is 4.74 Å². The topological polar surface area (TPSA) is 127 Å². The van der Waals surface area contributed by atoms with Crippen LogP contribution in [-0.4, -0.2) is 48.8 Å². The minimum Gasteiger partial charge on any atom is -0.451 e. The summed E-state index contributed by atoms with van der Waals surface area (Å²) in [5, 5.41) is 1.84. The highest BCUT2D eigenvalue weighted by Crippen LogP contribution is 2.25. The van der Waals surface area contributed by atoms with Crippen LogP contribution in [0.5, 0.6) is 0 Å². The summed E-state index contributed by atoms with van der Waals surface area (Å²) in [4.78, 5) is 35.4. The van der Waals surface area contributed by atoms with Gasteiger partial charge in [0.15, 0.2) is 0 Å². The molecule has 0 aliphatic heterocycles. The zero-order valence-corrected chi connectivity index (χ0v) is 20.5. The molecule has 0 bridgehead atoms. The van der Waals surface area contributed by atoms with Gasteiger partial charge in [0.05, 0.1) is 5.56 Å². The van der Waals surface area contributed by atoms with Gasteiger partial charge in [-0.25, -0.2) is 0 Å². The van der Waals surface area contributed by atoms with Gasteiger partial charge in [-0.3, -0.25) is 24.3 Å². The van der Waals surface area contributed by atoms with Crippen LogP contribution in [0.1, 0.15) is 16.8 Å². The second kappa shape index (κ2) is 10.2. The maximum atomic E-state index is 12.7. The van der Waals surface area contributed by atoms with Crippen LogP contribution in [0.4, 0.5) is 13.2 Å². The lowest BCUT2D eigenvalue weighted by Crippen LogP contribution is -2.41. The van der Waals surface area contributed by atoms with Crippen LogP contribution in [-0.2, 0) is 24.4 Å². The van der Waals surface area contributed by atoms with Crippen LogP contribution < -0.4 is 5.32 Å². The molecule has 156 valence electrons. The van der Waals surface area contributed by atoms with Gasteiger partial charge in [0.25, 0.3) is 16.0 Å². The fourth-order valence-electron chi connectivity index (χ4n) is 1.68. The minimum absolute atomic E-state index is 0.123. The molecule has 0 radical (unpaired) electrons. The van der Waals surface area contributed by atoms with Gasteiger partial charge in [0.2, 0.25) is 12.0 Å². The molecule has 0 fully saturated rings. The van der Waals surface area contributed by atoms with Crippen LogP contribution in [0.15, 0.2) is 12.1 Å². The average Bonchev–Trinajstić information content (AvgIpc) is 2.47. The van der Waals surface area contributed by atoms with Crippen molar-refractivity contribution in [3.63, 3.8) is 0 Å². The van der Waals surface area contributed by atoms with E-state index < -0.39 is 52.4 Å². The first-order chi connectivity index (χ1) is 12.6. The summed E-state index contributed by atoms with van der Waals surface area (Å²) in [5.74, 6) is -5.75. The number of ether oxygens (including phenoxy) is 1. The van der Waals surface area contributed by atoms with E-state index in [1.54, 1.807) is 6.07 Å². The highest BCUT2D eigenvalue weighted by atomic mass is 127. The molecule has 0 saturated carbocycles. The molecular weight excluding hydrogens is 752 g/mol. The van der Waals surface area contributed by atoms with Crippen LogP contribution in [0.3, 0.4) is 0 Å². The summed E-state index contributed by atoms with van der Waals surface area (Å²) < 4.78 is 73.7. The minimum atomic E-state index is -5.29. The lowest BCUT2D eigenvalue weighted by molar-refractivity contribution is -0.215. The lowest BCUT2D eigenvalue weighted by atomic mass is 10.2. The van der Waals surface area contributed by atoms with Gasteiger partial charge in [0, 0.05) is 10.7 Å². The third-order valence-corrected chi connectivity index (χ3v) is 7.19. The van der Waals surface area contributed by atoms with Crippen molar-refractivity contribution in [1.29, 1.82) is 0 Å². The molecule has 0 spiro atoms. The number of benzene rings is 1. The Kier molecular flexibility index (Phi) is 9.34. The second-order valence-electron chi connectivity index (χ2n) is 5.07. The lowest BCUT2D eigenvalue weighted by Gasteiger charge is -2.19. The third-order valence-electron chi connectivity index (χ3n) is 2.80. The van der Waals surface area contributed by atoms with Crippen molar-refractivity contribution in [3.05, 3.63) is 28.4 Å². The van der Waals surface area contributed by atoms with E-state index in [4.69, 9.17) is 4.55 Å². The number of rotatable bonds is 6. The van der Waals surface area contributed by atoms with E-state index in [1.807, 2.05) is 73.1 Å². The first-order valence-corrected chi connectivity index (χ1v) is 11.6. The largest absolute Gasteiger partial charge is 0.451 e. The Bertz CT molecular complexity index is 905. The summed E-state index contributed by atoms with van der Waals surface area (Å²) in [7, 11) is -5.10. The SMILES string of the molecule is O=C(CC(=O)OC(CS(=O)(=O)O)C(F)(F)F)NC(=O)c1cc(I)cc(I)c1I. The Morgan fingerprint density at radius 3 is 2.25 bits per heavy atom. The Hall–Kier alpha value is -0.280. The molecule has 1 atom stereocenters. The Morgan fingerprint density at radius 2 is 1.75 bits per heavy atom. The van der Waals surface area contributed by atoms with E-state index in [9.17, 15) is 36.0 Å². The summed E-state index contributed by atoms with van der Waals surface area (Å²) in [5.41, 5.74) is 0.123. The highest BCUT2D eigenvalue weighted by Gasteiger charge is 2.45. The molecule has 0 heterocycles. The molecule has 0 aliphatic carbocycles. The Morgan fingerprint density at radius 1 is 1.18 bits per heavy atom. The van der Waals surface area contributed by atoms with Crippen LogP contribution in [0.25, 0.3) is 0 Å². The van der Waals surface area contributed by atoms with Gasteiger partial charge in [-0.1, -0.05) is 0 Å². The number of carbonyl (C=O) groups excluding carboxylic acids is 3.